The van der Waals surface area contributed by atoms with Crippen LogP contribution in [0.4, 0.5) is 0 Å². The van der Waals surface area contributed by atoms with Gasteiger partial charge in [0.2, 0.25) is 0 Å². The van der Waals surface area contributed by atoms with Crippen LogP contribution in [-0.2, 0) is 4.79 Å². The molecule has 10 heavy (non-hydrogen) atoms. The molecule has 1 fully saturated rings. The number of nitrogens with one attached hydrogen (secondary N) is 2. The topological polar surface area (TPSA) is 41.1 Å². The first-order valence-corrected chi connectivity index (χ1v) is 3.68. The summed E-state index contributed by atoms with van der Waals surface area (Å²) in [7, 11) is 3.67. The second-order valence-electron chi connectivity index (χ2n) is 2.66. The monoisotopic (exact) mass is 142 g/mol. The van der Waals surface area contributed by atoms with Crippen molar-refractivity contribution in [2.24, 2.45) is 0 Å². The molecule has 0 aromatic carbocycles. The second kappa shape index (κ2) is 3.12. The zero-order chi connectivity index (χ0) is 7.56. The van der Waals surface area contributed by atoms with Crippen LogP contribution in [0.2, 0.25) is 0 Å². The van der Waals surface area contributed by atoms with E-state index >= 15 is 0 Å². The quantitative estimate of drug-likeness (QED) is 0.547. The van der Waals surface area contributed by atoms with Gasteiger partial charge >= 0.3 is 0 Å². The Kier molecular flexibility index (Phi) is 2.40. The van der Waals surface area contributed by atoms with Gasteiger partial charge in [0.15, 0.2) is 5.78 Å². The number of carbonyl (C=O) groups excluding carboxylic acids is 1. The molecule has 0 aromatic heterocycles. The number of rotatable bonds is 2. The highest BCUT2D eigenvalue weighted by Crippen LogP contribution is 2.14. The third kappa shape index (κ3) is 1.20. The normalized spacial score (nSPS) is 33.2. The number of hydrogen-bond acceptors (Lipinski definition) is 3. The number of Topliss-reactive ketones (excluding diaryl/α,β-unsaturated/α-hetero) is 1. The molecule has 1 aliphatic rings. The zero-order valence-electron chi connectivity index (χ0n) is 6.48. The van der Waals surface area contributed by atoms with E-state index < -0.39 is 0 Å². The van der Waals surface area contributed by atoms with E-state index in [0.717, 1.165) is 12.8 Å². The lowest BCUT2D eigenvalue weighted by Crippen LogP contribution is -2.38. The number of ketones is 1. The maximum atomic E-state index is 11.2. The molecule has 0 bridgehead atoms. The predicted octanol–water partition coefficient (Wildman–Crippen LogP) is -0.475. The summed E-state index contributed by atoms with van der Waals surface area (Å²) in [6.07, 6.45) is 1.95. The van der Waals surface area contributed by atoms with Crippen molar-refractivity contribution >= 4 is 5.78 Å². The average Bonchev–Trinajstić information content (AvgIpc) is 2.30. The van der Waals surface area contributed by atoms with Gasteiger partial charge in [-0.05, 0) is 26.9 Å². The van der Waals surface area contributed by atoms with Crippen molar-refractivity contribution in [1.82, 2.24) is 10.6 Å². The number of carbonyl (C=O) groups is 1. The maximum Gasteiger partial charge on any atom is 0.166 e. The molecule has 1 saturated carbocycles. The Morgan fingerprint density at radius 2 is 1.60 bits per heavy atom. The van der Waals surface area contributed by atoms with Gasteiger partial charge in [-0.15, -0.1) is 0 Å². The molecule has 0 heterocycles. The first kappa shape index (κ1) is 7.69. The van der Waals surface area contributed by atoms with E-state index in [1.54, 1.807) is 0 Å². The van der Waals surface area contributed by atoms with Gasteiger partial charge in [-0.1, -0.05) is 0 Å². The Bertz CT molecular complexity index is 122. The van der Waals surface area contributed by atoms with Gasteiger partial charge in [-0.2, -0.15) is 0 Å². The zero-order valence-corrected chi connectivity index (χ0v) is 6.48. The van der Waals surface area contributed by atoms with Crippen LogP contribution in [0.5, 0.6) is 0 Å². The first-order valence-electron chi connectivity index (χ1n) is 3.68. The average molecular weight is 142 g/mol. The molecule has 0 spiro atoms. The van der Waals surface area contributed by atoms with E-state index in [4.69, 9.17) is 0 Å². The van der Waals surface area contributed by atoms with Gasteiger partial charge in [-0.3, -0.25) is 4.79 Å². The summed E-state index contributed by atoms with van der Waals surface area (Å²) in [5.74, 6) is 0.310. The summed E-state index contributed by atoms with van der Waals surface area (Å²) in [6.45, 7) is 0. The van der Waals surface area contributed by atoms with Gasteiger partial charge in [0, 0.05) is 0 Å². The van der Waals surface area contributed by atoms with Crippen molar-refractivity contribution in [2.45, 2.75) is 24.9 Å². The Hall–Kier alpha value is -0.410. The molecule has 2 N–H and O–H groups in total. The molecule has 1 aliphatic carbocycles. The third-order valence-corrected chi connectivity index (χ3v) is 2.13. The minimum absolute atomic E-state index is 0.0949. The summed E-state index contributed by atoms with van der Waals surface area (Å²) >= 11 is 0. The third-order valence-electron chi connectivity index (χ3n) is 2.13. The van der Waals surface area contributed by atoms with Gasteiger partial charge in [-0.25, -0.2) is 0 Å². The van der Waals surface area contributed by atoms with E-state index in [-0.39, 0.29) is 12.1 Å². The molecule has 2 unspecified atom stereocenters. The van der Waals surface area contributed by atoms with Crippen LogP contribution in [0, 0.1) is 0 Å². The lowest BCUT2D eigenvalue weighted by molar-refractivity contribution is -0.120. The van der Waals surface area contributed by atoms with E-state index in [1.165, 1.54) is 0 Å². The number of likely N-dealkylation sites (N-methyl/N-ethyl adjacent to an activating group) is 2. The van der Waals surface area contributed by atoms with Gasteiger partial charge < -0.3 is 10.6 Å². The van der Waals surface area contributed by atoms with E-state index in [9.17, 15) is 4.79 Å². The highest BCUT2D eigenvalue weighted by atomic mass is 16.1. The number of hydrogen-bond donors (Lipinski definition) is 2. The van der Waals surface area contributed by atoms with E-state index in [2.05, 4.69) is 10.6 Å². The molecule has 0 radical (unpaired) electrons. The summed E-state index contributed by atoms with van der Waals surface area (Å²) < 4.78 is 0. The van der Waals surface area contributed by atoms with Crippen molar-refractivity contribution in [3.63, 3.8) is 0 Å². The minimum Gasteiger partial charge on any atom is -0.310 e. The standard InChI is InChI=1S/C7H14N2O/c1-8-5-3-4-6(9-2)7(5)10/h5-6,8-9H,3-4H2,1-2H3. The Labute approximate surface area is 61.2 Å². The van der Waals surface area contributed by atoms with Crippen molar-refractivity contribution in [3.05, 3.63) is 0 Å². The maximum absolute atomic E-state index is 11.2. The van der Waals surface area contributed by atoms with Crippen LogP contribution in [0.15, 0.2) is 0 Å². The van der Waals surface area contributed by atoms with Crippen LogP contribution >= 0.6 is 0 Å². The van der Waals surface area contributed by atoms with Gasteiger partial charge in [0.05, 0.1) is 12.1 Å². The Balaban J connectivity index is 2.49. The lowest BCUT2D eigenvalue weighted by atomic mass is 10.2. The Morgan fingerprint density at radius 3 is 1.80 bits per heavy atom. The fourth-order valence-corrected chi connectivity index (χ4v) is 1.43. The SMILES string of the molecule is CNC1CCC(NC)C1=O. The van der Waals surface area contributed by atoms with Crippen molar-refractivity contribution in [2.75, 3.05) is 14.1 Å². The summed E-state index contributed by atoms with van der Waals surface area (Å²) in [5.41, 5.74) is 0. The molecule has 0 amide bonds. The molecule has 1 rings (SSSR count). The first-order chi connectivity index (χ1) is 4.79. The van der Waals surface area contributed by atoms with Gasteiger partial charge in [0.1, 0.15) is 0 Å². The van der Waals surface area contributed by atoms with Gasteiger partial charge in [0.25, 0.3) is 0 Å². The van der Waals surface area contributed by atoms with Crippen LogP contribution in [0.1, 0.15) is 12.8 Å². The summed E-state index contributed by atoms with van der Waals surface area (Å²) in [4.78, 5) is 11.2. The van der Waals surface area contributed by atoms with Crippen LogP contribution in [-0.4, -0.2) is 32.0 Å². The summed E-state index contributed by atoms with van der Waals surface area (Å²) in [6, 6.07) is 0.190. The van der Waals surface area contributed by atoms with Crippen LogP contribution in [0.25, 0.3) is 0 Å². The molecule has 0 saturated heterocycles. The van der Waals surface area contributed by atoms with Crippen LogP contribution < -0.4 is 10.6 Å². The van der Waals surface area contributed by atoms with Crippen molar-refractivity contribution < 1.29 is 4.79 Å². The fraction of sp³-hybridized carbons (Fsp3) is 0.857. The molecule has 0 aromatic rings. The summed E-state index contributed by atoms with van der Waals surface area (Å²) in [5, 5.41) is 5.98. The molecule has 2 atom stereocenters. The highest BCUT2D eigenvalue weighted by Gasteiger charge is 2.31. The molecule has 3 heteroatoms. The van der Waals surface area contributed by atoms with Crippen LogP contribution in [0.3, 0.4) is 0 Å². The second-order valence-corrected chi connectivity index (χ2v) is 2.66. The lowest BCUT2D eigenvalue weighted by Gasteiger charge is -2.07. The van der Waals surface area contributed by atoms with E-state index in [0.29, 0.717) is 5.78 Å². The fourth-order valence-electron chi connectivity index (χ4n) is 1.43. The minimum atomic E-state index is 0.0949. The molecule has 3 nitrogen and oxygen atoms in total. The van der Waals surface area contributed by atoms with Crippen molar-refractivity contribution in [3.8, 4) is 0 Å². The molecule has 58 valence electrons. The largest absolute Gasteiger partial charge is 0.310 e. The molecule has 0 aliphatic heterocycles. The van der Waals surface area contributed by atoms with Crippen molar-refractivity contribution in [1.29, 1.82) is 0 Å². The highest BCUT2D eigenvalue weighted by molar-refractivity contribution is 5.91. The smallest absolute Gasteiger partial charge is 0.166 e. The molecular formula is C7H14N2O. The predicted molar refractivity (Wildman–Crippen MR) is 39.9 cm³/mol. The molecular weight excluding hydrogens is 128 g/mol. The Morgan fingerprint density at radius 1 is 1.20 bits per heavy atom. The van der Waals surface area contributed by atoms with E-state index in [1.807, 2.05) is 14.1 Å².